The molecule has 0 bridgehead atoms. The normalized spacial score (nSPS) is 18.5. The molecule has 3 N–H and O–H groups in total. The average molecular weight is 236 g/mol. The van der Waals surface area contributed by atoms with Crippen LogP contribution in [0.4, 0.5) is 4.39 Å². The standard InChI is InChI=1S/C13H17FN2O/c1-9(16-12(17)13(15)6-7-13)8-10-2-4-11(14)5-3-10/h2-5,9H,6-8,15H2,1H3,(H,16,17). The molecule has 17 heavy (non-hydrogen) atoms. The van der Waals surface area contributed by atoms with Crippen LogP contribution in [0.1, 0.15) is 25.3 Å². The van der Waals surface area contributed by atoms with Crippen molar-refractivity contribution < 1.29 is 9.18 Å². The van der Waals surface area contributed by atoms with Crippen LogP contribution in [0, 0.1) is 5.82 Å². The topological polar surface area (TPSA) is 55.1 Å². The quantitative estimate of drug-likeness (QED) is 0.829. The molecule has 3 nitrogen and oxygen atoms in total. The second-order valence-corrected chi connectivity index (χ2v) is 4.86. The molecule has 1 unspecified atom stereocenters. The van der Waals surface area contributed by atoms with E-state index in [0.717, 1.165) is 18.4 Å². The first-order chi connectivity index (χ1) is 7.99. The third-order valence-electron chi connectivity index (χ3n) is 3.07. The Labute approximate surface area is 100 Å². The zero-order valence-corrected chi connectivity index (χ0v) is 9.87. The van der Waals surface area contributed by atoms with E-state index in [0.29, 0.717) is 6.42 Å². The fourth-order valence-electron chi connectivity index (χ4n) is 1.75. The highest BCUT2D eigenvalue weighted by Gasteiger charge is 2.46. The van der Waals surface area contributed by atoms with E-state index in [2.05, 4.69) is 5.32 Å². The molecule has 0 saturated heterocycles. The number of amides is 1. The van der Waals surface area contributed by atoms with Crippen molar-refractivity contribution in [3.8, 4) is 0 Å². The van der Waals surface area contributed by atoms with Crippen molar-refractivity contribution in [1.82, 2.24) is 5.32 Å². The molecule has 4 heteroatoms. The van der Waals surface area contributed by atoms with Crippen LogP contribution in [0.25, 0.3) is 0 Å². The van der Waals surface area contributed by atoms with Crippen LogP contribution < -0.4 is 11.1 Å². The van der Waals surface area contributed by atoms with E-state index in [9.17, 15) is 9.18 Å². The molecule has 0 aromatic heterocycles. The molecule has 1 aromatic rings. The van der Waals surface area contributed by atoms with E-state index < -0.39 is 5.54 Å². The van der Waals surface area contributed by atoms with E-state index in [1.807, 2.05) is 6.92 Å². The predicted molar refractivity (Wildman–Crippen MR) is 63.9 cm³/mol. The van der Waals surface area contributed by atoms with E-state index >= 15 is 0 Å². The van der Waals surface area contributed by atoms with E-state index in [-0.39, 0.29) is 17.8 Å². The van der Waals surface area contributed by atoms with Gasteiger partial charge in [-0.3, -0.25) is 4.79 Å². The van der Waals surface area contributed by atoms with Gasteiger partial charge in [0, 0.05) is 6.04 Å². The van der Waals surface area contributed by atoms with E-state index in [4.69, 9.17) is 5.73 Å². The number of carbonyl (C=O) groups is 1. The van der Waals surface area contributed by atoms with Crippen LogP contribution in [-0.2, 0) is 11.2 Å². The maximum absolute atomic E-state index is 12.7. The third-order valence-corrected chi connectivity index (χ3v) is 3.07. The van der Waals surface area contributed by atoms with E-state index in [1.54, 1.807) is 12.1 Å². The summed E-state index contributed by atoms with van der Waals surface area (Å²) in [5.41, 5.74) is 6.16. The molecule has 1 fully saturated rings. The van der Waals surface area contributed by atoms with Crippen molar-refractivity contribution in [2.75, 3.05) is 0 Å². The molecular formula is C13H17FN2O. The molecule has 1 saturated carbocycles. The zero-order chi connectivity index (χ0) is 12.5. The summed E-state index contributed by atoms with van der Waals surface area (Å²) >= 11 is 0. The van der Waals surface area contributed by atoms with Crippen molar-refractivity contribution in [3.63, 3.8) is 0 Å². The smallest absolute Gasteiger partial charge is 0.240 e. The number of halogens is 1. The number of hydrogen-bond acceptors (Lipinski definition) is 2. The molecule has 1 aromatic carbocycles. The van der Waals surface area contributed by atoms with Crippen LogP contribution in [0.15, 0.2) is 24.3 Å². The van der Waals surface area contributed by atoms with Gasteiger partial charge in [0.15, 0.2) is 0 Å². The van der Waals surface area contributed by atoms with Crippen molar-refractivity contribution in [1.29, 1.82) is 0 Å². The minimum absolute atomic E-state index is 0.00832. The maximum Gasteiger partial charge on any atom is 0.240 e. The summed E-state index contributed by atoms with van der Waals surface area (Å²) in [5.74, 6) is -0.323. The molecule has 1 amide bonds. The van der Waals surface area contributed by atoms with Gasteiger partial charge in [0.1, 0.15) is 5.82 Å². The summed E-state index contributed by atoms with van der Waals surface area (Å²) in [7, 11) is 0. The van der Waals surface area contributed by atoms with Crippen LogP contribution in [-0.4, -0.2) is 17.5 Å². The van der Waals surface area contributed by atoms with Gasteiger partial charge in [0.25, 0.3) is 0 Å². The van der Waals surface area contributed by atoms with Gasteiger partial charge >= 0.3 is 0 Å². The van der Waals surface area contributed by atoms with Gasteiger partial charge in [-0.25, -0.2) is 4.39 Å². The van der Waals surface area contributed by atoms with Gasteiger partial charge in [-0.2, -0.15) is 0 Å². The molecule has 0 spiro atoms. The summed E-state index contributed by atoms with van der Waals surface area (Å²) in [6.45, 7) is 1.92. The lowest BCUT2D eigenvalue weighted by Crippen LogP contribution is -2.46. The Morgan fingerprint density at radius 3 is 2.59 bits per heavy atom. The molecule has 1 aliphatic carbocycles. The first-order valence-electron chi connectivity index (χ1n) is 5.84. The molecule has 0 aliphatic heterocycles. The van der Waals surface area contributed by atoms with Gasteiger partial charge < -0.3 is 11.1 Å². The van der Waals surface area contributed by atoms with Crippen LogP contribution >= 0.6 is 0 Å². The molecule has 0 radical (unpaired) electrons. The highest BCUT2D eigenvalue weighted by Crippen LogP contribution is 2.32. The van der Waals surface area contributed by atoms with Crippen LogP contribution in [0.2, 0.25) is 0 Å². The van der Waals surface area contributed by atoms with Gasteiger partial charge in [-0.15, -0.1) is 0 Å². The molecule has 92 valence electrons. The first kappa shape index (κ1) is 12.0. The van der Waals surface area contributed by atoms with Crippen LogP contribution in [0.3, 0.4) is 0 Å². The van der Waals surface area contributed by atoms with Crippen molar-refractivity contribution in [2.24, 2.45) is 5.73 Å². The minimum Gasteiger partial charge on any atom is -0.352 e. The fourth-order valence-corrected chi connectivity index (χ4v) is 1.75. The summed E-state index contributed by atoms with van der Waals surface area (Å²) in [6, 6.07) is 6.32. The molecule has 2 rings (SSSR count). The Morgan fingerprint density at radius 1 is 1.47 bits per heavy atom. The van der Waals surface area contributed by atoms with E-state index in [1.165, 1.54) is 12.1 Å². The molecular weight excluding hydrogens is 219 g/mol. The van der Waals surface area contributed by atoms with Gasteiger partial charge in [-0.05, 0) is 43.9 Å². The molecule has 0 heterocycles. The lowest BCUT2D eigenvalue weighted by molar-refractivity contribution is -0.123. The molecule has 1 atom stereocenters. The second-order valence-electron chi connectivity index (χ2n) is 4.86. The fraction of sp³-hybridized carbons (Fsp3) is 0.462. The molecule has 1 aliphatic rings. The Bertz CT molecular complexity index is 412. The maximum atomic E-state index is 12.7. The lowest BCUT2D eigenvalue weighted by atomic mass is 10.1. The zero-order valence-electron chi connectivity index (χ0n) is 9.87. The van der Waals surface area contributed by atoms with Crippen LogP contribution in [0.5, 0.6) is 0 Å². The largest absolute Gasteiger partial charge is 0.352 e. The highest BCUT2D eigenvalue weighted by molar-refractivity contribution is 5.89. The predicted octanol–water partition coefficient (Wildman–Crippen LogP) is 1.36. The monoisotopic (exact) mass is 236 g/mol. The number of nitrogens with two attached hydrogens (primary N) is 1. The Morgan fingerprint density at radius 2 is 2.06 bits per heavy atom. The number of nitrogens with one attached hydrogen (secondary N) is 1. The highest BCUT2D eigenvalue weighted by atomic mass is 19.1. The Kier molecular flexibility index (Phi) is 3.15. The summed E-state index contributed by atoms with van der Waals surface area (Å²) in [5, 5.41) is 2.89. The number of benzene rings is 1. The van der Waals surface area contributed by atoms with Gasteiger partial charge in [0.2, 0.25) is 5.91 Å². The number of carbonyl (C=O) groups excluding carboxylic acids is 1. The SMILES string of the molecule is CC(Cc1ccc(F)cc1)NC(=O)C1(N)CC1. The Balaban J connectivity index is 1.86. The summed E-state index contributed by atoms with van der Waals surface area (Å²) < 4.78 is 12.7. The lowest BCUT2D eigenvalue weighted by Gasteiger charge is -2.16. The summed E-state index contributed by atoms with van der Waals surface area (Å²) in [6.07, 6.45) is 2.21. The second kappa shape index (κ2) is 4.45. The van der Waals surface area contributed by atoms with Crippen molar-refractivity contribution in [2.45, 2.75) is 37.8 Å². The third kappa shape index (κ3) is 3.03. The summed E-state index contributed by atoms with van der Waals surface area (Å²) in [4.78, 5) is 11.7. The first-order valence-corrected chi connectivity index (χ1v) is 5.84. The average Bonchev–Trinajstić information content (AvgIpc) is 3.01. The number of rotatable bonds is 4. The van der Waals surface area contributed by atoms with Gasteiger partial charge in [-0.1, -0.05) is 12.1 Å². The van der Waals surface area contributed by atoms with Crippen molar-refractivity contribution >= 4 is 5.91 Å². The van der Waals surface area contributed by atoms with Gasteiger partial charge in [0.05, 0.1) is 5.54 Å². The minimum atomic E-state index is -0.628. The van der Waals surface area contributed by atoms with Crippen molar-refractivity contribution in [3.05, 3.63) is 35.6 Å². The Hall–Kier alpha value is -1.42. The number of hydrogen-bond donors (Lipinski definition) is 2.